The van der Waals surface area contributed by atoms with Gasteiger partial charge in [0, 0.05) is 24.2 Å². The Kier molecular flexibility index (Phi) is 8.04. The first-order chi connectivity index (χ1) is 18.6. The Labute approximate surface area is 227 Å². The van der Waals surface area contributed by atoms with E-state index in [1.165, 1.54) is 18.9 Å². The number of nitrogens with zero attached hydrogens (tertiary/aromatic N) is 1. The second-order valence-corrected chi connectivity index (χ2v) is 9.72. The highest BCUT2D eigenvalue weighted by Crippen LogP contribution is 2.43. The van der Waals surface area contributed by atoms with Gasteiger partial charge in [0.1, 0.15) is 23.0 Å². The molecule has 3 aromatic rings. The van der Waals surface area contributed by atoms with Gasteiger partial charge in [0.2, 0.25) is 0 Å². The zero-order valence-electron chi connectivity index (χ0n) is 22.6. The highest BCUT2D eigenvalue weighted by atomic mass is 16.5. The van der Waals surface area contributed by atoms with Gasteiger partial charge in [0.25, 0.3) is 11.7 Å². The van der Waals surface area contributed by atoms with Gasteiger partial charge < -0.3 is 19.3 Å². The normalized spacial score (nSPS) is 16.5. The summed E-state index contributed by atoms with van der Waals surface area (Å²) in [5, 5.41) is 11.5. The topological polar surface area (TPSA) is 102 Å². The quantitative estimate of drug-likeness (QED) is 0.133. The summed E-state index contributed by atoms with van der Waals surface area (Å²) in [6.07, 6.45) is 0. The first-order valence-corrected chi connectivity index (χ1v) is 12.6. The van der Waals surface area contributed by atoms with E-state index in [1.54, 1.807) is 66.7 Å². The summed E-state index contributed by atoms with van der Waals surface area (Å²) in [4.78, 5) is 39.6. The zero-order valence-corrected chi connectivity index (χ0v) is 22.6. The van der Waals surface area contributed by atoms with Crippen molar-refractivity contribution in [2.45, 2.75) is 33.7 Å². The number of anilines is 1. The summed E-state index contributed by atoms with van der Waals surface area (Å²) in [5.74, 6) is -0.530. The lowest BCUT2D eigenvalue weighted by Crippen LogP contribution is -2.29. The standard InChI is InChI=1S/C31H31NO7/c1-18(2)17-38-26-14-11-22(15-19(26)3)29(34)27-28(21-9-12-24(13-10-21)39-20(4)33)32(31(36)30(27)35)23-7-6-8-25(16-23)37-5/h6-16,18,28,34H,17H2,1-5H3/b29-27+. The zero-order chi connectivity index (χ0) is 28.3. The molecule has 0 saturated carbocycles. The van der Waals surface area contributed by atoms with E-state index in [-0.39, 0.29) is 11.3 Å². The molecule has 1 aliphatic rings. The number of Topliss-reactive ketones (excluding diaryl/α,β-unsaturated/α-hetero) is 1. The van der Waals surface area contributed by atoms with Crippen molar-refractivity contribution in [3.05, 3.63) is 89.0 Å². The number of esters is 1. The Morgan fingerprint density at radius 2 is 1.72 bits per heavy atom. The molecule has 202 valence electrons. The Hall–Kier alpha value is -4.59. The first-order valence-electron chi connectivity index (χ1n) is 12.6. The Morgan fingerprint density at radius 1 is 1.00 bits per heavy atom. The molecule has 8 nitrogen and oxygen atoms in total. The number of aliphatic hydroxyl groups is 1. The maximum Gasteiger partial charge on any atom is 0.308 e. The second-order valence-electron chi connectivity index (χ2n) is 9.72. The molecule has 0 aromatic heterocycles. The van der Waals surface area contributed by atoms with E-state index < -0.39 is 23.7 Å². The molecule has 0 radical (unpaired) electrons. The van der Waals surface area contributed by atoms with E-state index in [0.29, 0.717) is 46.6 Å². The lowest BCUT2D eigenvalue weighted by Gasteiger charge is -2.26. The molecule has 1 fully saturated rings. The summed E-state index contributed by atoms with van der Waals surface area (Å²) >= 11 is 0. The molecule has 0 spiro atoms. The fourth-order valence-corrected chi connectivity index (χ4v) is 4.43. The van der Waals surface area contributed by atoms with Crippen LogP contribution in [0.1, 0.15) is 43.5 Å². The van der Waals surface area contributed by atoms with Crippen molar-refractivity contribution in [1.29, 1.82) is 0 Å². The predicted molar refractivity (Wildman–Crippen MR) is 147 cm³/mol. The molecular weight excluding hydrogens is 498 g/mol. The van der Waals surface area contributed by atoms with Crippen molar-refractivity contribution in [2.75, 3.05) is 18.6 Å². The number of aryl methyl sites for hydroxylation is 1. The number of carbonyl (C=O) groups is 3. The highest BCUT2D eigenvalue weighted by molar-refractivity contribution is 6.51. The molecule has 1 N–H and O–H groups in total. The summed E-state index contributed by atoms with van der Waals surface area (Å²) < 4.78 is 16.3. The lowest BCUT2D eigenvalue weighted by atomic mass is 9.94. The van der Waals surface area contributed by atoms with Gasteiger partial charge in [0.05, 0.1) is 25.3 Å². The van der Waals surface area contributed by atoms with Crippen LogP contribution in [0.2, 0.25) is 0 Å². The number of ether oxygens (including phenoxy) is 3. The number of ketones is 1. The summed E-state index contributed by atoms with van der Waals surface area (Å²) in [6, 6.07) is 17.4. The number of hydrogen-bond donors (Lipinski definition) is 1. The van der Waals surface area contributed by atoms with Gasteiger partial charge in [-0.15, -0.1) is 0 Å². The van der Waals surface area contributed by atoms with Gasteiger partial charge in [-0.3, -0.25) is 19.3 Å². The molecule has 1 heterocycles. The molecule has 3 aromatic carbocycles. The van der Waals surface area contributed by atoms with Gasteiger partial charge >= 0.3 is 5.97 Å². The van der Waals surface area contributed by atoms with Crippen LogP contribution >= 0.6 is 0 Å². The van der Waals surface area contributed by atoms with E-state index in [9.17, 15) is 19.5 Å². The van der Waals surface area contributed by atoms with Gasteiger partial charge in [-0.2, -0.15) is 0 Å². The Balaban J connectivity index is 1.84. The van der Waals surface area contributed by atoms with E-state index in [2.05, 4.69) is 13.8 Å². The van der Waals surface area contributed by atoms with Crippen LogP contribution < -0.4 is 19.1 Å². The number of methoxy groups -OCH3 is 1. The van der Waals surface area contributed by atoms with E-state index in [0.717, 1.165) is 5.56 Å². The van der Waals surface area contributed by atoms with E-state index in [4.69, 9.17) is 14.2 Å². The molecule has 0 aliphatic carbocycles. The number of carbonyl (C=O) groups excluding carboxylic acids is 3. The molecule has 4 rings (SSSR count). The monoisotopic (exact) mass is 529 g/mol. The van der Waals surface area contributed by atoms with Crippen molar-refractivity contribution >= 4 is 29.1 Å². The minimum absolute atomic E-state index is 0.0571. The lowest BCUT2D eigenvalue weighted by molar-refractivity contribution is -0.132. The molecule has 1 unspecified atom stereocenters. The van der Waals surface area contributed by atoms with Crippen LogP contribution in [-0.4, -0.2) is 36.5 Å². The molecule has 1 atom stereocenters. The Bertz CT molecular complexity index is 1440. The number of benzene rings is 3. The predicted octanol–water partition coefficient (Wildman–Crippen LogP) is 5.59. The van der Waals surface area contributed by atoms with Gasteiger partial charge in [-0.1, -0.05) is 32.0 Å². The number of hydrogen-bond acceptors (Lipinski definition) is 7. The molecule has 8 heteroatoms. The third-order valence-corrected chi connectivity index (χ3v) is 6.25. The smallest absolute Gasteiger partial charge is 0.308 e. The first kappa shape index (κ1) is 27.4. The largest absolute Gasteiger partial charge is 0.507 e. The minimum Gasteiger partial charge on any atom is -0.507 e. The van der Waals surface area contributed by atoms with Crippen molar-refractivity contribution in [2.24, 2.45) is 5.92 Å². The molecule has 1 saturated heterocycles. The molecule has 1 aliphatic heterocycles. The van der Waals surface area contributed by atoms with Crippen molar-refractivity contribution in [1.82, 2.24) is 0 Å². The summed E-state index contributed by atoms with van der Waals surface area (Å²) in [5.41, 5.74) is 2.08. The van der Waals surface area contributed by atoms with Crippen LogP contribution in [0.15, 0.2) is 72.3 Å². The highest BCUT2D eigenvalue weighted by Gasteiger charge is 2.47. The van der Waals surface area contributed by atoms with Crippen LogP contribution in [0.3, 0.4) is 0 Å². The average Bonchev–Trinajstić information content (AvgIpc) is 3.17. The van der Waals surface area contributed by atoms with Crippen molar-refractivity contribution in [3.8, 4) is 17.2 Å². The fraction of sp³-hybridized carbons (Fsp3) is 0.258. The second kappa shape index (κ2) is 11.4. The van der Waals surface area contributed by atoms with Crippen molar-refractivity contribution < 1.29 is 33.7 Å². The van der Waals surface area contributed by atoms with E-state index in [1.807, 2.05) is 6.92 Å². The average molecular weight is 530 g/mol. The maximum atomic E-state index is 13.4. The van der Waals surface area contributed by atoms with Crippen LogP contribution in [-0.2, 0) is 14.4 Å². The summed E-state index contributed by atoms with van der Waals surface area (Å²) in [6.45, 7) is 7.80. The van der Waals surface area contributed by atoms with Gasteiger partial charge in [-0.25, -0.2) is 0 Å². The molecular formula is C31H31NO7. The summed E-state index contributed by atoms with van der Waals surface area (Å²) in [7, 11) is 1.51. The van der Waals surface area contributed by atoms with Gasteiger partial charge in [-0.05, 0) is 66.4 Å². The van der Waals surface area contributed by atoms with E-state index >= 15 is 0 Å². The van der Waals surface area contributed by atoms with Crippen LogP contribution in [0.5, 0.6) is 17.2 Å². The van der Waals surface area contributed by atoms with Crippen LogP contribution in [0, 0.1) is 12.8 Å². The number of rotatable bonds is 8. The third kappa shape index (κ3) is 5.80. The number of aliphatic hydroxyl groups excluding tert-OH is 1. The maximum absolute atomic E-state index is 13.4. The molecule has 39 heavy (non-hydrogen) atoms. The SMILES string of the molecule is COc1cccc(N2C(=O)C(=O)/C(=C(/O)c3ccc(OCC(C)C)c(C)c3)C2c2ccc(OC(C)=O)cc2)c1. The minimum atomic E-state index is -0.944. The number of amides is 1. The van der Waals surface area contributed by atoms with Gasteiger partial charge in [0.15, 0.2) is 0 Å². The van der Waals surface area contributed by atoms with Crippen LogP contribution in [0.4, 0.5) is 5.69 Å². The fourth-order valence-electron chi connectivity index (χ4n) is 4.43. The molecule has 1 amide bonds. The van der Waals surface area contributed by atoms with Crippen molar-refractivity contribution in [3.63, 3.8) is 0 Å². The molecule has 0 bridgehead atoms. The van der Waals surface area contributed by atoms with Crippen LogP contribution in [0.25, 0.3) is 5.76 Å². The Morgan fingerprint density at radius 3 is 2.33 bits per heavy atom. The third-order valence-electron chi connectivity index (χ3n) is 6.25.